The van der Waals surface area contributed by atoms with E-state index in [0.29, 0.717) is 5.56 Å². The molecule has 0 N–H and O–H groups in total. The average molecular weight is 447 g/mol. The van der Waals surface area contributed by atoms with Crippen molar-refractivity contribution < 1.29 is 19.1 Å². The number of para-hydroxylation sites is 1. The van der Waals surface area contributed by atoms with Crippen molar-refractivity contribution in [2.75, 3.05) is 0 Å². The SMILES string of the molecule is Cc1ccc([C@@](C)(C=O)[C@@H](CC(=O)c2nccn2-c2ccccc2)C(=O)OC(C)(C)C)cc1. The molecule has 2 aromatic carbocycles. The number of benzene rings is 2. The van der Waals surface area contributed by atoms with Crippen LogP contribution in [0.15, 0.2) is 67.0 Å². The minimum atomic E-state index is -1.25. The predicted molar refractivity (Wildman–Crippen MR) is 126 cm³/mol. The molecular weight excluding hydrogens is 416 g/mol. The van der Waals surface area contributed by atoms with Gasteiger partial charge in [-0.1, -0.05) is 48.0 Å². The molecule has 0 unspecified atom stereocenters. The molecule has 0 saturated heterocycles. The Morgan fingerprint density at radius 3 is 2.24 bits per heavy atom. The van der Waals surface area contributed by atoms with E-state index >= 15 is 0 Å². The lowest BCUT2D eigenvalue weighted by molar-refractivity contribution is -0.163. The second-order valence-electron chi connectivity index (χ2n) is 9.44. The summed E-state index contributed by atoms with van der Waals surface area (Å²) in [6, 6.07) is 16.8. The van der Waals surface area contributed by atoms with Gasteiger partial charge in [0.05, 0.1) is 11.3 Å². The number of imidazole rings is 1. The monoisotopic (exact) mass is 446 g/mol. The van der Waals surface area contributed by atoms with Gasteiger partial charge in [-0.2, -0.15) is 0 Å². The summed E-state index contributed by atoms with van der Waals surface area (Å²) in [5.74, 6) is -1.76. The van der Waals surface area contributed by atoms with Gasteiger partial charge in [0, 0.05) is 24.5 Å². The summed E-state index contributed by atoms with van der Waals surface area (Å²) in [5.41, 5.74) is 0.442. The number of ether oxygens (including phenoxy) is 1. The van der Waals surface area contributed by atoms with Crippen LogP contribution in [0, 0.1) is 12.8 Å². The van der Waals surface area contributed by atoms with Gasteiger partial charge in [0.15, 0.2) is 11.6 Å². The molecule has 0 fully saturated rings. The summed E-state index contributed by atoms with van der Waals surface area (Å²) in [5, 5.41) is 0. The third-order valence-corrected chi connectivity index (χ3v) is 5.65. The zero-order valence-electron chi connectivity index (χ0n) is 19.7. The Balaban J connectivity index is 2.01. The highest BCUT2D eigenvalue weighted by Gasteiger charge is 2.44. The average Bonchev–Trinajstić information content (AvgIpc) is 3.27. The second kappa shape index (κ2) is 9.53. The zero-order valence-corrected chi connectivity index (χ0v) is 19.7. The minimum Gasteiger partial charge on any atom is -0.460 e. The molecule has 3 rings (SSSR count). The first kappa shape index (κ1) is 24.1. The maximum absolute atomic E-state index is 13.4. The molecule has 0 bridgehead atoms. The Labute approximate surface area is 194 Å². The van der Waals surface area contributed by atoms with Gasteiger partial charge in [0.25, 0.3) is 0 Å². The molecule has 3 aromatic rings. The molecule has 0 saturated carbocycles. The number of hydrogen-bond donors (Lipinski definition) is 0. The molecule has 0 aliphatic carbocycles. The number of hydrogen-bond acceptors (Lipinski definition) is 5. The third-order valence-electron chi connectivity index (χ3n) is 5.65. The first-order valence-corrected chi connectivity index (χ1v) is 10.9. The predicted octanol–water partition coefficient (Wildman–Crippen LogP) is 4.87. The smallest absolute Gasteiger partial charge is 0.311 e. The van der Waals surface area contributed by atoms with E-state index in [0.717, 1.165) is 17.5 Å². The summed E-state index contributed by atoms with van der Waals surface area (Å²) in [7, 11) is 0. The maximum atomic E-state index is 13.4. The molecule has 0 spiro atoms. The molecule has 0 aliphatic heterocycles. The molecule has 0 radical (unpaired) electrons. The number of aldehydes is 1. The van der Waals surface area contributed by atoms with Crippen molar-refractivity contribution in [2.45, 2.75) is 52.1 Å². The molecule has 6 heteroatoms. The fourth-order valence-electron chi connectivity index (χ4n) is 3.76. The van der Waals surface area contributed by atoms with E-state index in [9.17, 15) is 14.4 Å². The first-order chi connectivity index (χ1) is 15.5. The molecule has 0 amide bonds. The molecule has 172 valence electrons. The van der Waals surface area contributed by atoms with Crippen LogP contribution in [-0.4, -0.2) is 33.2 Å². The van der Waals surface area contributed by atoms with Crippen LogP contribution in [-0.2, 0) is 19.7 Å². The van der Waals surface area contributed by atoms with E-state index in [-0.39, 0.29) is 18.0 Å². The number of esters is 1. The highest BCUT2D eigenvalue weighted by molar-refractivity contribution is 5.97. The molecule has 0 aliphatic rings. The van der Waals surface area contributed by atoms with Crippen molar-refractivity contribution in [1.82, 2.24) is 9.55 Å². The summed E-state index contributed by atoms with van der Waals surface area (Å²) >= 11 is 0. The van der Waals surface area contributed by atoms with Crippen molar-refractivity contribution in [3.8, 4) is 5.69 Å². The van der Waals surface area contributed by atoms with E-state index in [1.807, 2.05) is 61.5 Å². The van der Waals surface area contributed by atoms with Gasteiger partial charge in [-0.3, -0.25) is 14.2 Å². The molecule has 33 heavy (non-hydrogen) atoms. The van der Waals surface area contributed by atoms with E-state index in [2.05, 4.69) is 4.98 Å². The highest BCUT2D eigenvalue weighted by atomic mass is 16.6. The summed E-state index contributed by atoms with van der Waals surface area (Å²) in [6.07, 6.45) is 3.76. The van der Waals surface area contributed by atoms with Crippen LogP contribution in [0.4, 0.5) is 0 Å². The zero-order chi connectivity index (χ0) is 24.2. The van der Waals surface area contributed by atoms with Crippen LogP contribution >= 0.6 is 0 Å². The van der Waals surface area contributed by atoms with Gasteiger partial charge in [-0.05, 0) is 52.3 Å². The summed E-state index contributed by atoms with van der Waals surface area (Å²) < 4.78 is 7.33. The van der Waals surface area contributed by atoms with E-state index in [1.54, 1.807) is 44.7 Å². The van der Waals surface area contributed by atoms with Crippen LogP contribution in [0.25, 0.3) is 5.69 Å². The fraction of sp³-hybridized carbons (Fsp3) is 0.333. The van der Waals surface area contributed by atoms with E-state index < -0.39 is 22.9 Å². The Morgan fingerprint density at radius 1 is 1.03 bits per heavy atom. The van der Waals surface area contributed by atoms with Crippen molar-refractivity contribution >= 4 is 18.0 Å². The van der Waals surface area contributed by atoms with Gasteiger partial charge in [-0.15, -0.1) is 0 Å². The molecule has 6 nitrogen and oxygen atoms in total. The lowest BCUT2D eigenvalue weighted by Gasteiger charge is -2.33. The highest BCUT2D eigenvalue weighted by Crippen LogP contribution is 2.35. The van der Waals surface area contributed by atoms with Crippen LogP contribution < -0.4 is 0 Å². The number of nitrogens with zero attached hydrogens (tertiary/aromatic N) is 2. The van der Waals surface area contributed by atoms with Crippen molar-refractivity contribution in [1.29, 1.82) is 0 Å². The van der Waals surface area contributed by atoms with Gasteiger partial charge < -0.3 is 9.53 Å². The minimum absolute atomic E-state index is 0.201. The molecule has 1 heterocycles. The summed E-state index contributed by atoms with van der Waals surface area (Å²) in [4.78, 5) is 43.4. The number of aryl methyl sites for hydroxylation is 1. The Bertz CT molecular complexity index is 1130. The van der Waals surface area contributed by atoms with Crippen LogP contribution in [0.1, 0.15) is 55.9 Å². The van der Waals surface area contributed by atoms with Gasteiger partial charge in [0.1, 0.15) is 11.9 Å². The maximum Gasteiger partial charge on any atom is 0.311 e. The Morgan fingerprint density at radius 2 is 1.67 bits per heavy atom. The lowest BCUT2D eigenvalue weighted by atomic mass is 9.70. The van der Waals surface area contributed by atoms with Crippen LogP contribution in [0.3, 0.4) is 0 Å². The van der Waals surface area contributed by atoms with Gasteiger partial charge in [0.2, 0.25) is 0 Å². The third kappa shape index (κ3) is 5.45. The Kier molecular flexibility index (Phi) is 6.96. The van der Waals surface area contributed by atoms with E-state index in [1.165, 1.54) is 0 Å². The van der Waals surface area contributed by atoms with E-state index in [4.69, 9.17) is 4.74 Å². The van der Waals surface area contributed by atoms with Crippen molar-refractivity contribution in [3.05, 3.63) is 83.9 Å². The standard InChI is InChI=1S/C27H30N2O4/c1-19-11-13-20(14-12-19)27(5,18-30)22(25(32)33-26(2,3)4)17-23(31)24-28-15-16-29(24)21-9-7-6-8-10-21/h6-16,18,22H,17H2,1-5H3/t22-,27+/m0/s1. The normalized spacial score (nSPS) is 14.2. The Hall–Kier alpha value is -3.54. The number of Topliss-reactive ketones (excluding diaryl/α,β-unsaturated/α-hetero) is 1. The number of rotatable bonds is 8. The molecule has 2 atom stereocenters. The quantitative estimate of drug-likeness (QED) is 0.280. The molecular formula is C27H30N2O4. The first-order valence-electron chi connectivity index (χ1n) is 10.9. The number of carbonyl (C=O) groups excluding carboxylic acids is 3. The number of carbonyl (C=O) groups is 3. The van der Waals surface area contributed by atoms with Crippen molar-refractivity contribution in [3.63, 3.8) is 0 Å². The second-order valence-corrected chi connectivity index (χ2v) is 9.44. The van der Waals surface area contributed by atoms with Gasteiger partial charge in [-0.25, -0.2) is 4.98 Å². The lowest BCUT2D eigenvalue weighted by Crippen LogP contribution is -2.43. The largest absolute Gasteiger partial charge is 0.460 e. The topological polar surface area (TPSA) is 78.3 Å². The summed E-state index contributed by atoms with van der Waals surface area (Å²) in [6.45, 7) is 8.90. The number of aromatic nitrogens is 2. The van der Waals surface area contributed by atoms with Crippen molar-refractivity contribution in [2.24, 2.45) is 5.92 Å². The fourth-order valence-corrected chi connectivity index (χ4v) is 3.76. The van der Waals surface area contributed by atoms with Gasteiger partial charge >= 0.3 is 5.97 Å². The van der Waals surface area contributed by atoms with Crippen LogP contribution in [0.2, 0.25) is 0 Å². The molecule has 1 aromatic heterocycles. The number of ketones is 1. The van der Waals surface area contributed by atoms with Crippen LogP contribution in [0.5, 0.6) is 0 Å².